The second-order valence-corrected chi connectivity index (χ2v) is 11.1. The average molecular weight is 625 g/mol. The van der Waals surface area contributed by atoms with Crippen molar-refractivity contribution in [1.82, 2.24) is 0 Å². The Hall–Kier alpha value is -3.21. The lowest BCUT2D eigenvalue weighted by Crippen LogP contribution is -2.67. The molecule has 0 amide bonds. The summed E-state index contributed by atoms with van der Waals surface area (Å²) in [5.74, 6) is -7.11. The molecule has 0 aliphatic carbocycles. The summed E-state index contributed by atoms with van der Waals surface area (Å²) in [5.41, 5.74) is 1.16. The van der Waals surface area contributed by atoms with E-state index in [1.165, 1.54) is 32.4 Å². The first-order valence-corrected chi connectivity index (χ1v) is 14.1. The van der Waals surface area contributed by atoms with Crippen LogP contribution >= 0.6 is 0 Å². The number of aromatic hydroxyl groups is 2. The molecule has 2 aromatic carbocycles. The van der Waals surface area contributed by atoms with Crippen LogP contribution in [0.2, 0.25) is 0 Å². The minimum Gasteiger partial charge on any atom is -0.504 e. The minimum atomic E-state index is -2.87. The zero-order valence-electron chi connectivity index (χ0n) is 24.5. The van der Waals surface area contributed by atoms with E-state index < -0.39 is 79.2 Å². The van der Waals surface area contributed by atoms with E-state index in [4.69, 9.17) is 23.7 Å². The Morgan fingerprint density at radius 2 is 1.61 bits per heavy atom. The van der Waals surface area contributed by atoms with Gasteiger partial charge in [0.1, 0.15) is 12.2 Å². The molecule has 2 fully saturated rings. The number of carbonyl (C=O) groups is 1. The summed E-state index contributed by atoms with van der Waals surface area (Å²) < 4.78 is 27.3. The third-order valence-electron chi connectivity index (χ3n) is 8.54. The highest BCUT2D eigenvalue weighted by molar-refractivity contribution is 5.78. The summed E-state index contributed by atoms with van der Waals surface area (Å²) in [6, 6.07) is 9.17. The van der Waals surface area contributed by atoms with E-state index in [9.17, 15) is 45.6 Å². The van der Waals surface area contributed by atoms with Crippen LogP contribution in [0.4, 0.5) is 0 Å². The van der Waals surface area contributed by atoms with Crippen molar-refractivity contribution in [2.75, 3.05) is 34.5 Å². The van der Waals surface area contributed by atoms with Gasteiger partial charge in [-0.05, 0) is 47.7 Å². The molecule has 0 spiro atoms. The van der Waals surface area contributed by atoms with Crippen LogP contribution in [0.5, 0.6) is 23.0 Å². The number of carbonyl (C=O) groups excluding carboxylic acids is 1. The Labute approximate surface area is 253 Å². The molecule has 10 atom stereocenters. The van der Waals surface area contributed by atoms with Gasteiger partial charge in [0.15, 0.2) is 23.0 Å². The van der Waals surface area contributed by atoms with Gasteiger partial charge in [0, 0.05) is 12.3 Å². The van der Waals surface area contributed by atoms with Gasteiger partial charge in [0.25, 0.3) is 5.79 Å². The molecule has 14 heteroatoms. The molecular weight excluding hydrogens is 584 g/mol. The Morgan fingerprint density at radius 3 is 2.23 bits per heavy atom. The Morgan fingerprint density at radius 1 is 0.977 bits per heavy atom. The number of hydrogen-bond donors (Lipinski definition) is 8. The molecule has 4 rings (SSSR count). The number of benzene rings is 2. The first kappa shape index (κ1) is 33.7. The van der Waals surface area contributed by atoms with Crippen molar-refractivity contribution in [3.63, 3.8) is 0 Å². The SMILES string of the molecule is COC(=O)[C@@]1(O)O[C@@H](CC(O)[C@H](O)CO)[C@H](O)[C@@H](O)[C@H]1C1[C@@H](Cc2ccc(O)c(OC)c2)CO[C@@H]1c1ccc(O)c(OC)c1. The number of phenolic OH excluding ortho intramolecular Hbond substituents is 2. The summed E-state index contributed by atoms with van der Waals surface area (Å²) in [6.45, 7) is -0.750. The average Bonchev–Trinajstić information content (AvgIpc) is 3.42. The maximum absolute atomic E-state index is 13.2. The smallest absolute Gasteiger partial charge is 0.366 e. The first-order chi connectivity index (χ1) is 20.9. The Balaban J connectivity index is 1.80. The van der Waals surface area contributed by atoms with Gasteiger partial charge in [-0.3, -0.25) is 0 Å². The molecule has 2 aliphatic rings. The molecule has 0 bridgehead atoms. The maximum atomic E-state index is 13.2. The van der Waals surface area contributed by atoms with E-state index in [1.807, 2.05) is 0 Å². The molecule has 244 valence electrons. The van der Waals surface area contributed by atoms with Crippen LogP contribution in [0.1, 0.15) is 23.7 Å². The van der Waals surface area contributed by atoms with Crippen molar-refractivity contribution < 1.29 is 69.3 Å². The number of aliphatic hydroxyl groups is 6. The third kappa shape index (κ3) is 6.43. The summed E-state index contributed by atoms with van der Waals surface area (Å²) in [4.78, 5) is 13.2. The van der Waals surface area contributed by atoms with E-state index >= 15 is 0 Å². The zero-order chi connectivity index (χ0) is 32.3. The predicted octanol–water partition coefficient (Wildman–Crippen LogP) is -0.636. The van der Waals surface area contributed by atoms with Crippen LogP contribution in [0.15, 0.2) is 36.4 Å². The fourth-order valence-corrected chi connectivity index (χ4v) is 6.28. The number of phenols is 2. The molecule has 0 radical (unpaired) electrons. The summed E-state index contributed by atoms with van der Waals surface area (Å²) >= 11 is 0. The second-order valence-electron chi connectivity index (χ2n) is 11.1. The van der Waals surface area contributed by atoms with Crippen LogP contribution in [-0.2, 0) is 25.4 Å². The van der Waals surface area contributed by atoms with Crippen molar-refractivity contribution in [2.45, 2.75) is 55.3 Å². The lowest BCUT2D eigenvalue weighted by molar-refractivity contribution is -0.337. The van der Waals surface area contributed by atoms with Crippen molar-refractivity contribution in [2.24, 2.45) is 17.8 Å². The van der Waals surface area contributed by atoms with E-state index in [1.54, 1.807) is 18.2 Å². The molecule has 2 aromatic rings. The molecule has 14 nitrogen and oxygen atoms in total. The number of methoxy groups -OCH3 is 3. The molecule has 44 heavy (non-hydrogen) atoms. The van der Waals surface area contributed by atoms with Crippen molar-refractivity contribution in [3.8, 4) is 23.0 Å². The topological polar surface area (TPSA) is 225 Å². The molecule has 2 heterocycles. The molecule has 0 saturated carbocycles. The van der Waals surface area contributed by atoms with Gasteiger partial charge in [-0.25, -0.2) is 4.79 Å². The fourth-order valence-electron chi connectivity index (χ4n) is 6.28. The fraction of sp³-hybridized carbons (Fsp3) is 0.567. The van der Waals surface area contributed by atoms with Crippen LogP contribution in [0.3, 0.4) is 0 Å². The number of esters is 1. The highest BCUT2D eigenvalue weighted by Crippen LogP contribution is 2.52. The second kappa shape index (κ2) is 13.8. The van der Waals surface area contributed by atoms with Crippen LogP contribution in [0.25, 0.3) is 0 Å². The standard InChI is InChI=1S/C30H40O14/c1-40-21-9-14(4-6-17(21)32)8-16-13-43-28(15-5-7-18(33)22(10-15)41-2)24(16)25-27(37)26(36)23(11-19(34)20(35)12-31)44-30(25,39)29(38)42-3/h4-7,9-10,16,19-20,23-28,31-37,39H,8,11-13H2,1-3H3/t16-,19?,20+,23-,24?,25+,26-,27-,28+,30-/m0/s1. The number of ether oxygens (including phenoxy) is 5. The zero-order valence-corrected chi connectivity index (χ0v) is 24.5. The molecule has 2 aliphatic heterocycles. The molecule has 0 aromatic heterocycles. The normalized spacial score (nSPS) is 31.7. The summed E-state index contributed by atoms with van der Waals surface area (Å²) in [5, 5.41) is 84.3. The first-order valence-electron chi connectivity index (χ1n) is 14.1. The van der Waals surface area contributed by atoms with E-state index in [0.717, 1.165) is 7.11 Å². The summed E-state index contributed by atoms with van der Waals surface area (Å²) in [7, 11) is 3.76. The van der Waals surface area contributed by atoms with Gasteiger partial charge in [-0.1, -0.05) is 12.1 Å². The van der Waals surface area contributed by atoms with Crippen LogP contribution in [-0.4, -0.2) is 118 Å². The van der Waals surface area contributed by atoms with E-state index in [2.05, 4.69) is 0 Å². The molecule has 8 N–H and O–H groups in total. The van der Waals surface area contributed by atoms with E-state index in [-0.39, 0.29) is 36.0 Å². The third-order valence-corrected chi connectivity index (χ3v) is 8.54. The quantitative estimate of drug-likeness (QED) is 0.146. The lowest BCUT2D eigenvalue weighted by Gasteiger charge is -2.50. The van der Waals surface area contributed by atoms with Gasteiger partial charge < -0.3 is 64.5 Å². The van der Waals surface area contributed by atoms with E-state index in [0.29, 0.717) is 11.1 Å². The number of hydrogen-bond acceptors (Lipinski definition) is 14. The highest BCUT2D eigenvalue weighted by atomic mass is 16.7. The number of rotatable bonds is 11. The largest absolute Gasteiger partial charge is 0.504 e. The molecule has 2 saturated heterocycles. The highest BCUT2D eigenvalue weighted by Gasteiger charge is 2.64. The van der Waals surface area contributed by atoms with Gasteiger partial charge >= 0.3 is 5.97 Å². The van der Waals surface area contributed by atoms with Crippen LogP contribution < -0.4 is 9.47 Å². The predicted molar refractivity (Wildman–Crippen MR) is 150 cm³/mol. The van der Waals surface area contributed by atoms with Gasteiger partial charge in [-0.2, -0.15) is 0 Å². The van der Waals surface area contributed by atoms with Crippen molar-refractivity contribution in [1.29, 1.82) is 0 Å². The van der Waals surface area contributed by atoms with Gasteiger partial charge in [0.05, 0.1) is 64.9 Å². The monoisotopic (exact) mass is 624 g/mol. The molecular formula is C30H40O14. The Bertz CT molecular complexity index is 1290. The summed E-state index contributed by atoms with van der Waals surface area (Å²) in [6.07, 6.45) is -9.66. The Kier molecular flexibility index (Phi) is 10.6. The lowest BCUT2D eigenvalue weighted by atomic mass is 9.67. The van der Waals surface area contributed by atoms with Gasteiger partial charge in [0.2, 0.25) is 0 Å². The molecule has 2 unspecified atom stereocenters. The number of aliphatic hydroxyl groups excluding tert-OH is 5. The van der Waals surface area contributed by atoms with Crippen LogP contribution in [0, 0.1) is 17.8 Å². The van der Waals surface area contributed by atoms with Gasteiger partial charge in [-0.15, -0.1) is 0 Å². The minimum absolute atomic E-state index is 0.0587. The van der Waals surface area contributed by atoms with Crippen molar-refractivity contribution in [3.05, 3.63) is 47.5 Å². The van der Waals surface area contributed by atoms with Crippen molar-refractivity contribution >= 4 is 5.97 Å². The maximum Gasteiger partial charge on any atom is 0.366 e.